The minimum absolute atomic E-state index is 0.524. The number of aromatic nitrogens is 5. The van der Waals surface area contributed by atoms with Crippen molar-refractivity contribution in [2.45, 2.75) is 6.92 Å². The Balaban J connectivity index is 2.48. The highest BCUT2D eigenvalue weighted by atomic mass is 16.5. The molecule has 0 unspecified atom stereocenters. The molecule has 0 spiro atoms. The summed E-state index contributed by atoms with van der Waals surface area (Å²) in [5.41, 5.74) is 1.37. The molecule has 0 amide bonds. The van der Waals surface area contributed by atoms with Gasteiger partial charge in [-0.05, 0) is 6.92 Å². The van der Waals surface area contributed by atoms with E-state index in [1.807, 2.05) is 0 Å². The summed E-state index contributed by atoms with van der Waals surface area (Å²) in [6.07, 6.45) is 1.60. The Morgan fingerprint density at radius 2 is 2.14 bits per heavy atom. The number of H-pyrrole nitrogens is 1. The van der Waals surface area contributed by atoms with E-state index >= 15 is 0 Å². The number of rotatable bonds is 2. The number of nitrogens with zero attached hydrogens (tertiary/aromatic N) is 4. The van der Waals surface area contributed by atoms with E-state index in [4.69, 9.17) is 4.74 Å². The van der Waals surface area contributed by atoms with E-state index in [1.54, 1.807) is 26.3 Å². The van der Waals surface area contributed by atoms with E-state index in [1.165, 1.54) is 0 Å². The molecular formula is C8H9N5O. The second-order valence-electron chi connectivity index (χ2n) is 2.70. The average molecular weight is 191 g/mol. The van der Waals surface area contributed by atoms with Crippen LogP contribution in [0.5, 0.6) is 5.88 Å². The maximum Gasteiger partial charge on any atom is 0.216 e. The monoisotopic (exact) mass is 191 g/mol. The molecule has 0 fully saturated rings. The summed E-state index contributed by atoms with van der Waals surface area (Å²) < 4.78 is 5.02. The molecule has 0 aromatic carbocycles. The van der Waals surface area contributed by atoms with Crippen LogP contribution in [0.3, 0.4) is 0 Å². The standard InChI is InChI=1S/C8H9N5O/c1-5-10-6(3-8(11-5)14-2)7-4-9-13-12-7/h3-4H,1-2H3,(H,9,12,13). The minimum atomic E-state index is 0.524. The van der Waals surface area contributed by atoms with Crippen molar-refractivity contribution in [2.75, 3.05) is 7.11 Å². The minimum Gasteiger partial charge on any atom is -0.481 e. The van der Waals surface area contributed by atoms with Gasteiger partial charge in [0.15, 0.2) is 0 Å². The van der Waals surface area contributed by atoms with Crippen LogP contribution in [0, 0.1) is 6.92 Å². The van der Waals surface area contributed by atoms with Crippen molar-refractivity contribution in [3.8, 4) is 17.3 Å². The Morgan fingerprint density at radius 3 is 2.79 bits per heavy atom. The zero-order valence-corrected chi connectivity index (χ0v) is 7.85. The van der Waals surface area contributed by atoms with Crippen LogP contribution in [-0.2, 0) is 0 Å². The molecule has 0 atom stereocenters. The molecular weight excluding hydrogens is 182 g/mol. The van der Waals surface area contributed by atoms with Crippen molar-refractivity contribution < 1.29 is 4.74 Å². The topological polar surface area (TPSA) is 76.6 Å². The quantitative estimate of drug-likeness (QED) is 0.751. The maximum atomic E-state index is 5.02. The predicted molar refractivity (Wildman–Crippen MR) is 48.7 cm³/mol. The summed E-state index contributed by atoms with van der Waals surface area (Å²) in [6, 6.07) is 1.71. The predicted octanol–water partition coefficient (Wildman–Crippen LogP) is 0.579. The van der Waals surface area contributed by atoms with Crippen LogP contribution in [0.1, 0.15) is 5.82 Å². The molecule has 14 heavy (non-hydrogen) atoms. The molecule has 2 aromatic heterocycles. The van der Waals surface area contributed by atoms with Gasteiger partial charge in [-0.15, -0.1) is 0 Å². The number of hydrogen-bond donors (Lipinski definition) is 1. The highest BCUT2D eigenvalue weighted by molar-refractivity contribution is 5.53. The van der Waals surface area contributed by atoms with Gasteiger partial charge in [-0.1, -0.05) is 0 Å². The van der Waals surface area contributed by atoms with Crippen molar-refractivity contribution in [1.29, 1.82) is 0 Å². The molecule has 2 heterocycles. The molecule has 2 rings (SSSR count). The molecule has 6 heteroatoms. The number of aryl methyl sites for hydroxylation is 1. The van der Waals surface area contributed by atoms with Gasteiger partial charge in [-0.25, -0.2) is 4.98 Å². The van der Waals surface area contributed by atoms with E-state index in [2.05, 4.69) is 25.4 Å². The van der Waals surface area contributed by atoms with Crippen LogP contribution in [-0.4, -0.2) is 32.5 Å². The molecule has 2 aromatic rings. The molecule has 0 bridgehead atoms. The fraction of sp³-hybridized carbons (Fsp3) is 0.250. The van der Waals surface area contributed by atoms with Crippen molar-refractivity contribution in [3.05, 3.63) is 18.1 Å². The third-order valence-electron chi connectivity index (χ3n) is 1.70. The summed E-state index contributed by atoms with van der Waals surface area (Å²) in [7, 11) is 1.56. The van der Waals surface area contributed by atoms with Crippen LogP contribution in [0.2, 0.25) is 0 Å². The van der Waals surface area contributed by atoms with E-state index in [0.717, 1.165) is 0 Å². The van der Waals surface area contributed by atoms with Crippen molar-refractivity contribution in [1.82, 2.24) is 25.4 Å². The van der Waals surface area contributed by atoms with Crippen LogP contribution >= 0.6 is 0 Å². The van der Waals surface area contributed by atoms with Gasteiger partial charge in [0, 0.05) is 6.07 Å². The Bertz CT molecular complexity index is 425. The first kappa shape index (κ1) is 8.61. The van der Waals surface area contributed by atoms with Crippen molar-refractivity contribution >= 4 is 0 Å². The molecule has 6 nitrogen and oxygen atoms in total. The first-order valence-electron chi connectivity index (χ1n) is 4.05. The molecule has 72 valence electrons. The van der Waals surface area contributed by atoms with Crippen LogP contribution in [0.25, 0.3) is 11.4 Å². The van der Waals surface area contributed by atoms with Crippen molar-refractivity contribution in [2.24, 2.45) is 0 Å². The maximum absolute atomic E-state index is 5.02. The highest BCUT2D eigenvalue weighted by Gasteiger charge is 2.06. The third-order valence-corrected chi connectivity index (χ3v) is 1.70. The molecule has 0 saturated heterocycles. The van der Waals surface area contributed by atoms with Gasteiger partial charge < -0.3 is 4.74 Å². The summed E-state index contributed by atoms with van der Waals surface area (Å²) in [6.45, 7) is 1.80. The number of hydrogen-bond acceptors (Lipinski definition) is 5. The Hall–Kier alpha value is -1.98. The zero-order valence-electron chi connectivity index (χ0n) is 7.85. The lowest BCUT2D eigenvalue weighted by Gasteiger charge is -2.01. The molecule has 0 aliphatic carbocycles. The van der Waals surface area contributed by atoms with Gasteiger partial charge in [-0.3, -0.25) is 0 Å². The zero-order chi connectivity index (χ0) is 9.97. The summed E-state index contributed by atoms with van der Waals surface area (Å²) in [4.78, 5) is 8.28. The van der Waals surface area contributed by atoms with Gasteiger partial charge >= 0.3 is 0 Å². The van der Waals surface area contributed by atoms with Crippen LogP contribution in [0.4, 0.5) is 0 Å². The average Bonchev–Trinajstić information content (AvgIpc) is 2.69. The summed E-state index contributed by atoms with van der Waals surface area (Å²) >= 11 is 0. The van der Waals surface area contributed by atoms with Gasteiger partial charge in [0.1, 0.15) is 11.5 Å². The van der Waals surface area contributed by atoms with Crippen molar-refractivity contribution in [3.63, 3.8) is 0 Å². The summed E-state index contributed by atoms with van der Waals surface area (Å²) in [5, 5.41) is 10.2. The smallest absolute Gasteiger partial charge is 0.216 e. The summed E-state index contributed by atoms with van der Waals surface area (Å²) in [5.74, 6) is 1.16. The first-order valence-corrected chi connectivity index (χ1v) is 4.05. The Labute approximate surface area is 80.4 Å². The lowest BCUT2D eigenvalue weighted by atomic mass is 10.3. The van der Waals surface area contributed by atoms with E-state index in [-0.39, 0.29) is 0 Å². The lowest BCUT2D eigenvalue weighted by Crippen LogP contribution is -1.95. The molecule has 1 N–H and O–H groups in total. The number of nitrogens with one attached hydrogen (secondary N) is 1. The lowest BCUT2D eigenvalue weighted by molar-refractivity contribution is 0.396. The van der Waals surface area contributed by atoms with E-state index < -0.39 is 0 Å². The second kappa shape index (κ2) is 3.41. The third kappa shape index (κ3) is 1.54. The molecule has 0 aliphatic rings. The largest absolute Gasteiger partial charge is 0.481 e. The van der Waals surface area contributed by atoms with Gasteiger partial charge in [0.05, 0.1) is 19.0 Å². The number of methoxy groups -OCH3 is 1. The molecule has 0 saturated carbocycles. The fourth-order valence-electron chi connectivity index (χ4n) is 1.10. The van der Waals surface area contributed by atoms with Gasteiger partial charge in [-0.2, -0.15) is 20.4 Å². The van der Waals surface area contributed by atoms with Crippen LogP contribution < -0.4 is 4.74 Å². The number of aromatic amines is 1. The Morgan fingerprint density at radius 1 is 1.29 bits per heavy atom. The highest BCUT2D eigenvalue weighted by Crippen LogP contribution is 2.17. The number of ether oxygens (including phenoxy) is 1. The Kier molecular flexibility index (Phi) is 2.10. The fourth-order valence-corrected chi connectivity index (χ4v) is 1.10. The SMILES string of the molecule is COc1cc(-c2cn[nH]n2)nc(C)n1. The second-order valence-corrected chi connectivity index (χ2v) is 2.70. The van der Waals surface area contributed by atoms with Crippen LogP contribution in [0.15, 0.2) is 12.3 Å². The van der Waals surface area contributed by atoms with E-state index in [0.29, 0.717) is 23.1 Å². The molecule has 0 radical (unpaired) electrons. The molecule has 0 aliphatic heterocycles. The van der Waals surface area contributed by atoms with Gasteiger partial charge in [0.2, 0.25) is 5.88 Å². The van der Waals surface area contributed by atoms with Gasteiger partial charge in [0.25, 0.3) is 0 Å². The first-order chi connectivity index (χ1) is 6.79. The normalized spacial score (nSPS) is 10.1. The van der Waals surface area contributed by atoms with E-state index in [9.17, 15) is 0 Å².